The number of amides is 1. The van der Waals surface area contributed by atoms with E-state index in [1.54, 1.807) is 7.11 Å². The fraction of sp³-hybridized carbons (Fsp3) is 0.500. The second-order valence-corrected chi connectivity index (χ2v) is 4.11. The topological polar surface area (TPSA) is 38.3 Å². The molecule has 0 spiro atoms. The van der Waals surface area contributed by atoms with Crippen molar-refractivity contribution in [2.75, 3.05) is 7.11 Å². The molecule has 0 aliphatic heterocycles. The summed E-state index contributed by atoms with van der Waals surface area (Å²) in [7, 11) is 1.63. The smallest absolute Gasteiger partial charge is 0.224 e. The zero-order chi connectivity index (χ0) is 12.7. The van der Waals surface area contributed by atoms with E-state index in [1.807, 2.05) is 24.3 Å². The van der Waals surface area contributed by atoms with Crippen LogP contribution in [-0.2, 0) is 11.2 Å². The number of hydrogen-bond acceptors (Lipinski definition) is 2. The maximum Gasteiger partial charge on any atom is 0.224 e. The van der Waals surface area contributed by atoms with E-state index in [0.717, 1.165) is 24.2 Å². The Balaban J connectivity index is 2.55. The number of rotatable bonds is 6. The predicted octanol–water partition coefficient (Wildman–Crippen LogP) is 2.54. The number of ether oxygens (including phenoxy) is 1. The molecule has 0 saturated heterocycles. The first kappa shape index (κ1) is 13.6. The SMILES string of the molecule is CCC(CC)NC(=O)Cc1cccc(OC)c1. The third-order valence-corrected chi connectivity index (χ3v) is 2.85. The summed E-state index contributed by atoms with van der Waals surface area (Å²) in [6.45, 7) is 4.17. The minimum absolute atomic E-state index is 0.0759. The van der Waals surface area contributed by atoms with E-state index in [0.29, 0.717) is 6.42 Å². The maximum atomic E-state index is 11.8. The van der Waals surface area contributed by atoms with Crippen molar-refractivity contribution in [2.24, 2.45) is 0 Å². The van der Waals surface area contributed by atoms with Gasteiger partial charge in [0.25, 0.3) is 0 Å². The summed E-state index contributed by atoms with van der Waals surface area (Å²) in [5.41, 5.74) is 0.979. The Hall–Kier alpha value is -1.51. The maximum absolute atomic E-state index is 11.8. The van der Waals surface area contributed by atoms with Gasteiger partial charge < -0.3 is 10.1 Å². The standard InChI is InChI=1S/C14H21NO2/c1-4-12(5-2)15-14(16)10-11-7-6-8-13(9-11)17-3/h6-9,12H,4-5,10H2,1-3H3,(H,15,16). The average molecular weight is 235 g/mol. The van der Waals surface area contributed by atoms with Crippen LogP contribution in [0.5, 0.6) is 5.75 Å². The molecule has 94 valence electrons. The Morgan fingerprint density at radius 3 is 2.65 bits per heavy atom. The van der Waals surface area contributed by atoms with E-state index in [4.69, 9.17) is 4.74 Å². The molecule has 0 heterocycles. The van der Waals surface area contributed by atoms with Crippen molar-refractivity contribution in [1.29, 1.82) is 0 Å². The number of benzene rings is 1. The Kier molecular flexibility index (Phi) is 5.53. The number of nitrogens with one attached hydrogen (secondary N) is 1. The van der Waals surface area contributed by atoms with Gasteiger partial charge in [0.05, 0.1) is 13.5 Å². The molecule has 0 unspecified atom stereocenters. The molecule has 1 aromatic rings. The van der Waals surface area contributed by atoms with Gasteiger partial charge in [-0.1, -0.05) is 26.0 Å². The molecule has 1 aromatic carbocycles. The van der Waals surface area contributed by atoms with Gasteiger partial charge in [0, 0.05) is 6.04 Å². The predicted molar refractivity (Wildman–Crippen MR) is 69.2 cm³/mol. The van der Waals surface area contributed by atoms with Crippen molar-refractivity contribution in [3.63, 3.8) is 0 Å². The molecule has 1 N–H and O–H groups in total. The van der Waals surface area contributed by atoms with E-state index in [9.17, 15) is 4.79 Å². The third-order valence-electron chi connectivity index (χ3n) is 2.85. The van der Waals surface area contributed by atoms with Crippen molar-refractivity contribution in [1.82, 2.24) is 5.32 Å². The molecule has 0 saturated carbocycles. The highest BCUT2D eigenvalue weighted by Crippen LogP contribution is 2.13. The lowest BCUT2D eigenvalue weighted by molar-refractivity contribution is -0.121. The average Bonchev–Trinajstić information content (AvgIpc) is 2.36. The van der Waals surface area contributed by atoms with Crippen molar-refractivity contribution in [2.45, 2.75) is 39.2 Å². The minimum Gasteiger partial charge on any atom is -0.497 e. The Labute approximate surface area is 103 Å². The minimum atomic E-state index is 0.0759. The van der Waals surface area contributed by atoms with Gasteiger partial charge in [0.15, 0.2) is 0 Å². The molecular weight excluding hydrogens is 214 g/mol. The van der Waals surface area contributed by atoms with Gasteiger partial charge in [-0.15, -0.1) is 0 Å². The van der Waals surface area contributed by atoms with Crippen LogP contribution in [0.15, 0.2) is 24.3 Å². The summed E-state index contributed by atoms with van der Waals surface area (Å²) in [5.74, 6) is 0.866. The molecule has 1 rings (SSSR count). The van der Waals surface area contributed by atoms with Gasteiger partial charge in [0.1, 0.15) is 5.75 Å². The molecule has 0 atom stereocenters. The zero-order valence-electron chi connectivity index (χ0n) is 10.8. The van der Waals surface area contributed by atoms with Gasteiger partial charge in [-0.25, -0.2) is 0 Å². The lowest BCUT2D eigenvalue weighted by Gasteiger charge is -2.14. The van der Waals surface area contributed by atoms with Crippen LogP contribution in [0.2, 0.25) is 0 Å². The zero-order valence-corrected chi connectivity index (χ0v) is 10.8. The monoisotopic (exact) mass is 235 g/mol. The van der Waals surface area contributed by atoms with Gasteiger partial charge in [0.2, 0.25) is 5.91 Å². The van der Waals surface area contributed by atoms with Crippen LogP contribution in [0.4, 0.5) is 0 Å². The van der Waals surface area contributed by atoms with Crippen LogP contribution in [0.25, 0.3) is 0 Å². The van der Waals surface area contributed by atoms with Crippen molar-refractivity contribution >= 4 is 5.91 Å². The van der Waals surface area contributed by atoms with Crippen molar-refractivity contribution in [3.05, 3.63) is 29.8 Å². The van der Waals surface area contributed by atoms with Crippen LogP contribution in [0, 0.1) is 0 Å². The highest BCUT2D eigenvalue weighted by molar-refractivity contribution is 5.78. The van der Waals surface area contributed by atoms with E-state index >= 15 is 0 Å². The molecule has 0 aliphatic carbocycles. The van der Waals surface area contributed by atoms with E-state index < -0.39 is 0 Å². The fourth-order valence-electron chi connectivity index (χ4n) is 1.74. The first-order chi connectivity index (χ1) is 8.19. The summed E-state index contributed by atoms with van der Waals surface area (Å²) in [4.78, 5) is 11.8. The Bertz CT molecular complexity index is 359. The lowest BCUT2D eigenvalue weighted by Crippen LogP contribution is -2.34. The highest BCUT2D eigenvalue weighted by Gasteiger charge is 2.09. The number of methoxy groups -OCH3 is 1. The molecule has 0 aromatic heterocycles. The summed E-state index contributed by atoms with van der Waals surface area (Å²) < 4.78 is 5.13. The fourth-order valence-corrected chi connectivity index (χ4v) is 1.74. The van der Waals surface area contributed by atoms with Gasteiger partial charge in [-0.05, 0) is 30.5 Å². The molecule has 0 fully saturated rings. The number of hydrogen-bond donors (Lipinski definition) is 1. The van der Waals surface area contributed by atoms with Crippen molar-refractivity contribution in [3.8, 4) is 5.75 Å². The second kappa shape index (κ2) is 6.94. The van der Waals surface area contributed by atoms with Crippen LogP contribution in [0.3, 0.4) is 0 Å². The first-order valence-electron chi connectivity index (χ1n) is 6.11. The Morgan fingerprint density at radius 2 is 2.06 bits per heavy atom. The first-order valence-corrected chi connectivity index (χ1v) is 6.11. The third kappa shape index (κ3) is 4.47. The largest absolute Gasteiger partial charge is 0.497 e. The molecule has 17 heavy (non-hydrogen) atoms. The van der Waals surface area contributed by atoms with Gasteiger partial charge in [-0.2, -0.15) is 0 Å². The van der Waals surface area contributed by atoms with Gasteiger partial charge >= 0.3 is 0 Å². The molecule has 3 heteroatoms. The molecular formula is C14H21NO2. The summed E-state index contributed by atoms with van der Waals surface area (Å²) in [6, 6.07) is 7.90. The molecule has 0 radical (unpaired) electrons. The molecule has 0 aliphatic rings. The number of carbonyl (C=O) groups is 1. The van der Waals surface area contributed by atoms with E-state index in [2.05, 4.69) is 19.2 Å². The second-order valence-electron chi connectivity index (χ2n) is 4.11. The van der Waals surface area contributed by atoms with Crippen LogP contribution in [-0.4, -0.2) is 19.1 Å². The van der Waals surface area contributed by atoms with Crippen LogP contribution < -0.4 is 10.1 Å². The summed E-state index contributed by atoms with van der Waals surface area (Å²) in [5, 5.41) is 3.02. The van der Waals surface area contributed by atoms with Crippen molar-refractivity contribution < 1.29 is 9.53 Å². The van der Waals surface area contributed by atoms with E-state index in [1.165, 1.54) is 0 Å². The van der Waals surface area contributed by atoms with Crippen LogP contribution in [0.1, 0.15) is 32.3 Å². The molecule has 0 bridgehead atoms. The normalized spacial score (nSPS) is 10.4. The summed E-state index contributed by atoms with van der Waals surface area (Å²) >= 11 is 0. The molecule has 3 nitrogen and oxygen atoms in total. The quantitative estimate of drug-likeness (QED) is 0.823. The summed E-state index contributed by atoms with van der Waals surface area (Å²) in [6.07, 6.45) is 2.36. The highest BCUT2D eigenvalue weighted by atomic mass is 16.5. The van der Waals surface area contributed by atoms with Crippen LogP contribution >= 0.6 is 0 Å². The molecule has 1 amide bonds. The lowest BCUT2D eigenvalue weighted by atomic mass is 10.1. The van der Waals surface area contributed by atoms with Gasteiger partial charge in [-0.3, -0.25) is 4.79 Å². The van der Waals surface area contributed by atoms with E-state index in [-0.39, 0.29) is 11.9 Å². The Morgan fingerprint density at radius 1 is 1.35 bits per heavy atom. The number of carbonyl (C=O) groups excluding carboxylic acids is 1.